The van der Waals surface area contributed by atoms with Crippen LogP contribution in [0.4, 0.5) is 0 Å². The lowest BCUT2D eigenvalue weighted by atomic mass is 10.3. The maximum Gasteiger partial charge on any atom is 0.325 e. The second-order valence-corrected chi connectivity index (χ2v) is 4.36. The van der Waals surface area contributed by atoms with E-state index in [2.05, 4.69) is 10.1 Å². The summed E-state index contributed by atoms with van der Waals surface area (Å²) in [5.41, 5.74) is 0.756. The molecule has 2 aromatic rings. The molecule has 0 aliphatic heterocycles. The van der Waals surface area contributed by atoms with E-state index in [1.807, 2.05) is 19.1 Å². The Balaban J connectivity index is 2.26. The second kappa shape index (κ2) is 4.44. The molecule has 2 rings (SSSR count). The molecule has 0 bridgehead atoms. The van der Waals surface area contributed by atoms with Gasteiger partial charge in [0.2, 0.25) is 5.88 Å². The van der Waals surface area contributed by atoms with Gasteiger partial charge in [-0.05, 0) is 13.0 Å². The van der Waals surface area contributed by atoms with Crippen LogP contribution in [0.15, 0.2) is 23.0 Å². The highest BCUT2D eigenvalue weighted by Gasteiger charge is 2.04. The molecule has 0 N–H and O–H groups in total. The molecular weight excluding hydrogens is 226 g/mol. The number of hydrogen-bond acceptors (Lipinski definition) is 5. The van der Waals surface area contributed by atoms with Crippen molar-refractivity contribution in [2.45, 2.75) is 13.5 Å². The van der Waals surface area contributed by atoms with Crippen LogP contribution in [-0.4, -0.2) is 21.9 Å². The van der Waals surface area contributed by atoms with Gasteiger partial charge in [-0.2, -0.15) is 5.10 Å². The minimum atomic E-state index is -0.0675. The van der Waals surface area contributed by atoms with Crippen molar-refractivity contribution in [2.75, 3.05) is 7.11 Å². The summed E-state index contributed by atoms with van der Waals surface area (Å²) in [5.74, 6) is 0.539. The summed E-state index contributed by atoms with van der Waals surface area (Å²) in [4.78, 5) is 15.6. The lowest BCUT2D eigenvalue weighted by Gasteiger charge is -2.02. The Hall–Kier alpha value is -1.69. The number of aromatic nitrogens is 3. The van der Waals surface area contributed by atoms with E-state index in [-0.39, 0.29) is 4.87 Å². The van der Waals surface area contributed by atoms with Crippen molar-refractivity contribution in [1.82, 2.24) is 14.8 Å². The van der Waals surface area contributed by atoms with Crippen LogP contribution < -0.4 is 9.61 Å². The highest BCUT2D eigenvalue weighted by Crippen LogP contribution is 2.07. The van der Waals surface area contributed by atoms with E-state index in [0.717, 1.165) is 22.0 Å². The Labute approximate surface area is 96.3 Å². The van der Waals surface area contributed by atoms with Crippen LogP contribution in [0.1, 0.15) is 10.7 Å². The Morgan fingerprint density at radius 2 is 2.31 bits per heavy atom. The molecule has 0 fully saturated rings. The van der Waals surface area contributed by atoms with Crippen LogP contribution >= 0.6 is 11.3 Å². The van der Waals surface area contributed by atoms with E-state index in [0.29, 0.717) is 12.4 Å². The van der Waals surface area contributed by atoms with Gasteiger partial charge in [0.1, 0.15) is 5.01 Å². The highest BCUT2D eigenvalue weighted by atomic mass is 32.1. The van der Waals surface area contributed by atoms with Crippen LogP contribution in [0.25, 0.3) is 0 Å². The van der Waals surface area contributed by atoms with Gasteiger partial charge in [0.25, 0.3) is 0 Å². The quantitative estimate of drug-likeness (QED) is 0.801. The maximum atomic E-state index is 11.5. The SMILES string of the molecule is COc1cccc(Cn2nc(C)sc2=O)n1. The van der Waals surface area contributed by atoms with Gasteiger partial charge in [0.05, 0.1) is 19.3 Å². The van der Waals surface area contributed by atoms with E-state index in [4.69, 9.17) is 4.74 Å². The van der Waals surface area contributed by atoms with Crippen LogP contribution in [0.5, 0.6) is 5.88 Å². The fraction of sp³-hybridized carbons (Fsp3) is 0.300. The van der Waals surface area contributed by atoms with Crippen molar-refractivity contribution >= 4 is 11.3 Å². The molecular formula is C10H11N3O2S. The molecule has 0 radical (unpaired) electrons. The Morgan fingerprint density at radius 1 is 1.50 bits per heavy atom. The van der Waals surface area contributed by atoms with Gasteiger partial charge in [-0.1, -0.05) is 17.4 Å². The fourth-order valence-corrected chi connectivity index (χ4v) is 1.93. The molecule has 2 aromatic heterocycles. The molecule has 0 amide bonds. The zero-order chi connectivity index (χ0) is 11.5. The van der Waals surface area contributed by atoms with E-state index >= 15 is 0 Å². The zero-order valence-corrected chi connectivity index (χ0v) is 9.82. The van der Waals surface area contributed by atoms with Crippen LogP contribution in [0.3, 0.4) is 0 Å². The van der Waals surface area contributed by atoms with Gasteiger partial charge in [-0.15, -0.1) is 0 Å². The molecule has 0 spiro atoms. The molecule has 0 aliphatic carbocycles. The highest BCUT2D eigenvalue weighted by molar-refractivity contribution is 7.08. The summed E-state index contributed by atoms with van der Waals surface area (Å²) in [5, 5.41) is 4.86. The smallest absolute Gasteiger partial charge is 0.325 e. The Morgan fingerprint density at radius 3 is 2.94 bits per heavy atom. The number of nitrogens with zero attached hydrogens (tertiary/aromatic N) is 3. The van der Waals surface area contributed by atoms with Crippen molar-refractivity contribution in [3.05, 3.63) is 38.6 Å². The first kappa shape index (κ1) is 10.8. The van der Waals surface area contributed by atoms with Gasteiger partial charge in [-0.3, -0.25) is 4.79 Å². The summed E-state index contributed by atoms with van der Waals surface area (Å²) in [6.07, 6.45) is 0. The summed E-state index contributed by atoms with van der Waals surface area (Å²) >= 11 is 1.14. The van der Waals surface area contributed by atoms with Gasteiger partial charge in [0.15, 0.2) is 0 Å². The van der Waals surface area contributed by atoms with Gasteiger partial charge >= 0.3 is 4.87 Å². The average molecular weight is 237 g/mol. The van der Waals surface area contributed by atoms with Crippen LogP contribution in [-0.2, 0) is 6.54 Å². The van der Waals surface area contributed by atoms with Gasteiger partial charge in [-0.25, -0.2) is 9.67 Å². The lowest BCUT2D eigenvalue weighted by molar-refractivity contribution is 0.395. The standard InChI is InChI=1S/C10H11N3O2S/c1-7-12-13(10(14)16-7)6-8-4-3-5-9(11-8)15-2/h3-5H,6H2,1-2H3. The second-order valence-electron chi connectivity index (χ2n) is 3.22. The van der Waals surface area contributed by atoms with Crippen molar-refractivity contribution in [3.63, 3.8) is 0 Å². The molecule has 0 aliphatic rings. The molecule has 0 unspecified atom stereocenters. The number of ether oxygens (including phenoxy) is 1. The molecule has 2 heterocycles. The number of rotatable bonds is 3. The predicted molar refractivity (Wildman–Crippen MR) is 61.0 cm³/mol. The normalized spacial score (nSPS) is 10.4. The Kier molecular flexibility index (Phi) is 3.00. The molecule has 0 aromatic carbocycles. The number of hydrogen-bond donors (Lipinski definition) is 0. The van der Waals surface area contributed by atoms with E-state index in [1.165, 1.54) is 4.68 Å². The molecule has 0 saturated carbocycles. The van der Waals surface area contributed by atoms with Crippen molar-refractivity contribution in [1.29, 1.82) is 0 Å². The summed E-state index contributed by atoms with van der Waals surface area (Å²) in [7, 11) is 1.56. The first-order valence-corrected chi connectivity index (χ1v) is 5.55. The number of pyridine rings is 1. The largest absolute Gasteiger partial charge is 0.481 e. The zero-order valence-electron chi connectivity index (χ0n) is 9.01. The summed E-state index contributed by atoms with van der Waals surface area (Å²) < 4.78 is 6.42. The first-order chi connectivity index (χ1) is 7.69. The summed E-state index contributed by atoms with van der Waals surface area (Å²) in [6.45, 7) is 2.18. The fourth-order valence-electron chi connectivity index (χ4n) is 1.32. The van der Waals surface area contributed by atoms with Crippen LogP contribution in [0, 0.1) is 6.92 Å². The van der Waals surface area contributed by atoms with Crippen molar-refractivity contribution in [2.24, 2.45) is 0 Å². The molecule has 84 valence electrons. The predicted octanol–water partition coefficient (Wildman–Crippen LogP) is 1.07. The summed E-state index contributed by atoms with van der Waals surface area (Å²) in [6, 6.07) is 5.44. The third-order valence-electron chi connectivity index (χ3n) is 2.01. The van der Waals surface area contributed by atoms with Gasteiger partial charge in [0, 0.05) is 6.07 Å². The number of aryl methyl sites for hydroxylation is 1. The van der Waals surface area contributed by atoms with Crippen LogP contribution in [0.2, 0.25) is 0 Å². The topological polar surface area (TPSA) is 57.0 Å². The average Bonchev–Trinajstić information content (AvgIpc) is 2.58. The third kappa shape index (κ3) is 2.27. The third-order valence-corrected chi connectivity index (χ3v) is 2.77. The van der Waals surface area contributed by atoms with E-state index in [9.17, 15) is 4.79 Å². The van der Waals surface area contributed by atoms with Crippen molar-refractivity contribution in [3.8, 4) is 5.88 Å². The van der Waals surface area contributed by atoms with E-state index < -0.39 is 0 Å². The Bertz CT molecular complexity index is 547. The molecule has 6 heteroatoms. The molecule has 16 heavy (non-hydrogen) atoms. The molecule has 0 saturated heterocycles. The number of methoxy groups -OCH3 is 1. The molecule has 5 nitrogen and oxygen atoms in total. The minimum absolute atomic E-state index is 0.0675. The van der Waals surface area contributed by atoms with Gasteiger partial charge < -0.3 is 4.74 Å². The maximum absolute atomic E-state index is 11.5. The molecule has 0 atom stereocenters. The lowest BCUT2D eigenvalue weighted by Crippen LogP contribution is -2.16. The van der Waals surface area contributed by atoms with E-state index in [1.54, 1.807) is 13.2 Å². The monoisotopic (exact) mass is 237 g/mol. The first-order valence-electron chi connectivity index (χ1n) is 4.73. The van der Waals surface area contributed by atoms with Crippen molar-refractivity contribution < 1.29 is 4.74 Å². The minimum Gasteiger partial charge on any atom is -0.481 e.